The normalized spacial score (nSPS) is 11.1. The highest BCUT2D eigenvalue weighted by molar-refractivity contribution is 5.91. The van der Waals surface area contributed by atoms with Gasteiger partial charge in [-0.3, -0.25) is 4.90 Å². The van der Waals surface area contributed by atoms with Crippen LogP contribution in [0.1, 0.15) is 20.8 Å². The van der Waals surface area contributed by atoms with Gasteiger partial charge in [0.2, 0.25) is 0 Å². The van der Waals surface area contributed by atoms with Gasteiger partial charge >= 0.3 is 6.03 Å². The summed E-state index contributed by atoms with van der Waals surface area (Å²) in [6, 6.07) is 8.99. The minimum atomic E-state index is -0.427. The molecular formula is C11H16N2O. The van der Waals surface area contributed by atoms with Crippen molar-refractivity contribution in [2.45, 2.75) is 26.3 Å². The van der Waals surface area contributed by atoms with Gasteiger partial charge < -0.3 is 5.73 Å². The average Bonchev–Trinajstić information content (AvgIpc) is 2.02. The van der Waals surface area contributed by atoms with Crippen LogP contribution < -0.4 is 10.6 Å². The van der Waals surface area contributed by atoms with Crippen LogP contribution >= 0.6 is 0 Å². The predicted molar refractivity (Wildman–Crippen MR) is 58.3 cm³/mol. The van der Waals surface area contributed by atoms with E-state index in [-0.39, 0.29) is 5.54 Å². The van der Waals surface area contributed by atoms with E-state index >= 15 is 0 Å². The number of urea groups is 1. The molecule has 14 heavy (non-hydrogen) atoms. The Balaban J connectivity index is 3.08. The number of para-hydroxylation sites is 1. The first-order valence-corrected chi connectivity index (χ1v) is 4.57. The van der Waals surface area contributed by atoms with E-state index in [1.165, 1.54) is 0 Å². The second-order valence-electron chi connectivity index (χ2n) is 4.18. The number of benzene rings is 1. The molecular weight excluding hydrogens is 176 g/mol. The summed E-state index contributed by atoms with van der Waals surface area (Å²) < 4.78 is 0. The summed E-state index contributed by atoms with van der Waals surface area (Å²) in [5, 5.41) is 0. The summed E-state index contributed by atoms with van der Waals surface area (Å²) in [6.45, 7) is 5.85. The molecule has 1 aromatic carbocycles. The second-order valence-corrected chi connectivity index (χ2v) is 4.18. The van der Waals surface area contributed by atoms with Crippen molar-refractivity contribution in [3.8, 4) is 0 Å². The van der Waals surface area contributed by atoms with Crippen molar-refractivity contribution in [2.24, 2.45) is 5.73 Å². The quantitative estimate of drug-likeness (QED) is 0.729. The van der Waals surface area contributed by atoms with Crippen LogP contribution in [0.25, 0.3) is 0 Å². The number of carbonyl (C=O) groups is 1. The molecule has 0 aliphatic rings. The van der Waals surface area contributed by atoms with E-state index in [0.717, 1.165) is 5.69 Å². The third-order valence-corrected chi connectivity index (χ3v) is 1.91. The highest BCUT2D eigenvalue weighted by Gasteiger charge is 2.25. The zero-order valence-electron chi connectivity index (χ0n) is 8.82. The van der Waals surface area contributed by atoms with Crippen molar-refractivity contribution in [3.05, 3.63) is 30.3 Å². The van der Waals surface area contributed by atoms with Gasteiger partial charge in [-0.05, 0) is 32.9 Å². The van der Waals surface area contributed by atoms with Gasteiger partial charge in [0, 0.05) is 11.2 Å². The third kappa shape index (κ3) is 2.25. The predicted octanol–water partition coefficient (Wildman–Crippen LogP) is 2.37. The van der Waals surface area contributed by atoms with E-state index in [1.54, 1.807) is 4.90 Å². The lowest BCUT2D eigenvalue weighted by Gasteiger charge is -2.34. The molecule has 0 fully saturated rings. The number of primary amides is 1. The molecule has 3 nitrogen and oxygen atoms in total. The lowest BCUT2D eigenvalue weighted by Crippen LogP contribution is -2.48. The molecule has 0 radical (unpaired) electrons. The minimum Gasteiger partial charge on any atom is -0.351 e. The van der Waals surface area contributed by atoms with Crippen molar-refractivity contribution in [1.82, 2.24) is 0 Å². The minimum absolute atomic E-state index is 0.298. The molecule has 1 rings (SSSR count). The molecule has 76 valence electrons. The molecule has 2 amide bonds. The number of nitrogens with two attached hydrogens (primary N) is 1. The van der Waals surface area contributed by atoms with Gasteiger partial charge in [0.25, 0.3) is 0 Å². The summed E-state index contributed by atoms with van der Waals surface area (Å²) in [7, 11) is 0. The van der Waals surface area contributed by atoms with E-state index in [9.17, 15) is 4.79 Å². The maximum Gasteiger partial charge on any atom is 0.319 e. The molecule has 0 aromatic heterocycles. The molecule has 0 heterocycles. The monoisotopic (exact) mass is 192 g/mol. The highest BCUT2D eigenvalue weighted by Crippen LogP contribution is 2.22. The van der Waals surface area contributed by atoms with Gasteiger partial charge in [-0.15, -0.1) is 0 Å². The van der Waals surface area contributed by atoms with Crippen LogP contribution in [-0.2, 0) is 0 Å². The summed E-state index contributed by atoms with van der Waals surface area (Å²) in [5.74, 6) is 0. The van der Waals surface area contributed by atoms with Crippen LogP contribution in [0.2, 0.25) is 0 Å². The second kappa shape index (κ2) is 3.70. The summed E-state index contributed by atoms with van der Waals surface area (Å²) in [4.78, 5) is 12.9. The van der Waals surface area contributed by atoms with Gasteiger partial charge in [0.1, 0.15) is 0 Å². The molecule has 1 aromatic rings. The van der Waals surface area contributed by atoms with Gasteiger partial charge in [-0.25, -0.2) is 4.79 Å². The first-order chi connectivity index (χ1) is 6.43. The highest BCUT2D eigenvalue weighted by atomic mass is 16.2. The largest absolute Gasteiger partial charge is 0.351 e. The van der Waals surface area contributed by atoms with Crippen LogP contribution in [0.4, 0.5) is 10.5 Å². The number of hydrogen-bond donors (Lipinski definition) is 1. The zero-order valence-corrected chi connectivity index (χ0v) is 8.82. The first-order valence-electron chi connectivity index (χ1n) is 4.57. The maximum absolute atomic E-state index is 11.3. The lowest BCUT2D eigenvalue weighted by molar-refractivity contribution is 0.249. The van der Waals surface area contributed by atoms with E-state index in [0.29, 0.717) is 0 Å². The Hall–Kier alpha value is -1.51. The molecule has 0 aliphatic carbocycles. The number of carbonyl (C=O) groups excluding carboxylic acids is 1. The van der Waals surface area contributed by atoms with Gasteiger partial charge in [0.05, 0.1) is 0 Å². The van der Waals surface area contributed by atoms with Crippen LogP contribution in [0.3, 0.4) is 0 Å². The number of nitrogens with zero attached hydrogens (tertiary/aromatic N) is 1. The third-order valence-electron chi connectivity index (χ3n) is 1.91. The van der Waals surface area contributed by atoms with Gasteiger partial charge in [0.15, 0.2) is 0 Å². The number of amides is 2. The smallest absolute Gasteiger partial charge is 0.319 e. The molecule has 0 aliphatic heterocycles. The van der Waals surface area contributed by atoms with Crippen LogP contribution in [0.15, 0.2) is 30.3 Å². The van der Waals surface area contributed by atoms with E-state index in [2.05, 4.69) is 0 Å². The molecule has 0 bridgehead atoms. The van der Waals surface area contributed by atoms with Crippen LogP contribution in [-0.4, -0.2) is 11.6 Å². The van der Waals surface area contributed by atoms with Crippen molar-refractivity contribution in [1.29, 1.82) is 0 Å². The van der Waals surface area contributed by atoms with E-state index < -0.39 is 6.03 Å². The summed E-state index contributed by atoms with van der Waals surface area (Å²) in [5.41, 5.74) is 5.87. The van der Waals surface area contributed by atoms with Crippen molar-refractivity contribution >= 4 is 11.7 Å². The van der Waals surface area contributed by atoms with Gasteiger partial charge in [-0.1, -0.05) is 18.2 Å². The standard InChI is InChI=1S/C11H16N2O/c1-11(2,3)13(10(12)14)9-7-5-4-6-8-9/h4-8H,1-3H3,(H2,12,14). The Morgan fingerprint density at radius 1 is 1.21 bits per heavy atom. The number of hydrogen-bond acceptors (Lipinski definition) is 1. The van der Waals surface area contributed by atoms with E-state index in [1.807, 2.05) is 51.1 Å². The Bertz CT molecular complexity index is 314. The molecule has 0 unspecified atom stereocenters. The Labute approximate surface area is 84.5 Å². The Morgan fingerprint density at radius 2 is 1.71 bits per heavy atom. The topological polar surface area (TPSA) is 46.3 Å². The fourth-order valence-corrected chi connectivity index (χ4v) is 1.42. The molecule has 0 saturated carbocycles. The summed E-state index contributed by atoms with van der Waals surface area (Å²) >= 11 is 0. The average molecular weight is 192 g/mol. The molecule has 2 N–H and O–H groups in total. The molecule has 0 saturated heterocycles. The zero-order chi connectivity index (χ0) is 10.8. The van der Waals surface area contributed by atoms with Crippen molar-refractivity contribution < 1.29 is 4.79 Å². The Morgan fingerprint density at radius 3 is 2.07 bits per heavy atom. The SMILES string of the molecule is CC(C)(C)N(C(N)=O)c1ccccc1. The molecule has 0 spiro atoms. The summed E-state index contributed by atoms with van der Waals surface area (Å²) in [6.07, 6.45) is 0. The number of rotatable bonds is 1. The van der Waals surface area contributed by atoms with Crippen molar-refractivity contribution in [3.63, 3.8) is 0 Å². The first kappa shape index (κ1) is 10.6. The van der Waals surface area contributed by atoms with Gasteiger partial charge in [-0.2, -0.15) is 0 Å². The Kier molecular flexibility index (Phi) is 2.79. The van der Waals surface area contributed by atoms with E-state index in [4.69, 9.17) is 5.73 Å². The number of anilines is 1. The molecule has 0 atom stereocenters. The van der Waals surface area contributed by atoms with Crippen LogP contribution in [0, 0.1) is 0 Å². The fraction of sp³-hybridized carbons (Fsp3) is 0.364. The maximum atomic E-state index is 11.3. The molecule has 3 heteroatoms. The van der Waals surface area contributed by atoms with Crippen LogP contribution in [0.5, 0.6) is 0 Å². The van der Waals surface area contributed by atoms with Crippen molar-refractivity contribution in [2.75, 3.05) is 4.90 Å². The fourth-order valence-electron chi connectivity index (χ4n) is 1.42. The lowest BCUT2D eigenvalue weighted by atomic mass is 10.1.